The molecule has 6 rings (SSSR count). The lowest BCUT2D eigenvalue weighted by molar-refractivity contribution is 0.768. The first kappa shape index (κ1) is 16.2. The molecule has 0 atom stereocenters. The highest BCUT2D eigenvalue weighted by Crippen LogP contribution is 2.33. The molecular weight excluding hydrogens is 382 g/mol. The van der Waals surface area contributed by atoms with Gasteiger partial charge < -0.3 is 4.98 Å². The molecule has 29 heavy (non-hydrogen) atoms. The van der Waals surface area contributed by atoms with Gasteiger partial charge in [-0.1, -0.05) is 0 Å². The molecule has 0 aliphatic carbocycles. The Bertz CT molecular complexity index is 1470. The van der Waals surface area contributed by atoms with Gasteiger partial charge in [0.2, 0.25) is 0 Å². The number of hydrogen-bond acceptors (Lipinski definition) is 5. The maximum absolute atomic E-state index is 4.85. The molecule has 6 heterocycles. The smallest absolute Gasteiger partial charge is 0.138 e. The first-order valence-corrected chi connectivity index (χ1v) is 10.1. The number of aryl methyl sites for hydroxylation is 1. The van der Waals surface area contributed by atoms with E-state index in [4.69, 9.17) is 4.98 Å². The number of hydrogen-bond donors (Lipinski definition) is 2. The number of rotatable bonds is 3. The van der Waals surface area contributed by atoms with Gasteiger partial charge in [0.25, 0.3) is 0 Å². The summed E-state index contributed by atoms with van der Waals surface area (Å²) >= 11 is 1.69. The van der Waals surface area contributed by atoms with Crippen molar-refractivity contribution >= 4 is 33.4 Å². The Morgan fingerprint density at radius 1 is 1.10 bits per heavy atom. The van der Waals surface area contributed by atoms with Gasteiger partial charge >= 0.3 is 0 Å². The van der Waals surface area contributed by atoms with Crippen LogP contribution in [0.2, 0.25) is 0 Å². The minimum Gasteiger partial charge on any atom is -0.338 e. The molecule has 0 aromatic carbocycles. The highest BCUT2D eigenvalue weighted by atomic mass is 32.1. The predicted molar refractivity (Wildman–Crippen MR) is 114 cm³/mol. The molecule has 0 bridgehead atoms. The van der Waals surface area contributed by atoms with E-state index in [9.17, 15) is 0 Å². The lowest BCUT2D eigenvalue weighted by Gasteiger charge is -1.98. The SMILES string of the molecule is Cn1cc(-c2ccc3[nH]nc(-c4cc5c(-c6ccsc6)ccnc5[nH]4)c3n2)cn1. The van der Waals surface area contributed by atoms with Gasteiger partial charge in [0.05, 0.1) is 23.1 Å². The Balaban J connectivity index is 1.53. The third-order valence-electron chi connectivity index (χ3n) is 5.03. The second-order valence-corrected chi connectivity index (χ2v) is 7.66. The third kappa shape index (κ3) is 2.57. The molecular formula is C21H15N7S. The van der Waals surface area contributed by atoms with E-state index < -0.39 is 0 Å². The lowest BCUT2D eigenvalue weighted by Crippen LogP contribution is -1.86. The molecule has 7 nitrogen and oxygen atoms in total. The third-order valence-corrected chi connectivity index (χ3v) is 5.71. The predicted octanol–water partition coefficient (Wildman–Crippen LogP) is 4.63. The summed E-state index contributed by atoms with van der Waals surface area (Å²) in [6.07, 6.45) is 5.60. The van der Waals surface area contributed by atoms with Crippen LogP contribution in [-0.4, -0.2) is 34.9 Å². The highest BCUT2D eigenvalue weighted by molar-refractivity contribution is 7.08. The van der Waals surface area contributed by atoms with E-state index in [1.165, 1.54) is 5.56 Å². The number of H-pyrrole nitrogens is 2. The van der Waals surface area contributed by atoms with Gasteiger partial charge in [-0.15, -0.1) is 0 Å². The van der Waals surface area contributed by atoms with Crippen LogP contribution in [-0.2, 0) is 7.05 Å². The fourth-order valence-electron chi connectivity index (χ4n) is 3.62. The molecule has 0 unspecified atom stereocenters. The Hall–Kier alpha value is -3.78. The number of nitrogens with zero attached hydrogens (tertiary/aromatic N) is 5. The Kier molecular flexibility index (Phi) is 3.41. The molecule has 0 aliphatic rings. The summed E-state index contributed by atoms with van der Waals surface area (Å²) < 4.78 is 1.77. The lowest BCUT2D eigenvalue weighted by atomic mass is 10.1. The van der Waals surface area contributed by atoms with Gasteiger partial charge in [0.1, 0.15) is 16.9 Å². The van der Waals surface area contributed by atoms with Crippen LogP contribution in [0.5, 0.6) is 0 Å². The van der Waals surface area contributed by atoms with Gasteiger partial charge in [0.15, 0.2) is 0 Å². The standard InChI is InChI=1S/C21H15N7S/c1-28-10-13(9-23-28)16-2-3-17-19(24-16)20(27-26-17)18-8-15-14(12-5-7-29-11-12)4-6-22-21(15)25-18/h2-11H,1H3,(H,22,25)(H,26,27). The normalized spacial score (nSPS) is 11.6. The van der Waals surface area contributed by atoms with E-state index in [1.54, 1.807) is 16.0 Å². The van der Waals surface area contributed by atoms with E-state index in [1.807, 2.05) is 43.8 Å². The molecule has 0 amide bonds. The first-order valence-electron chi connectivity index (χ1n) is 9.11. The largest absolute Gasteiger partial charge is 0.338 e. The maximum Gasteiger partial charge on any atom is 0.138 e. The van der Waals surface area contributed by atoms with Crippen molar-refractivity contribution in [2.24, 2.45) is 7.05 Å². The molecule has 8 heteroatoms. The Morgan fingerprint density at radius 3 is 2.90 bits per heavy atom. The van der Waals surface area contributed by atoms with Crippen molar-refractivity contribution in [1.29, 1.82) is 0 Å². The van der Waals surface area contributed by atoms with E-state index >= 15 is 0 Å². The first-order chi connectivity index (χ1) is 14.3. The fourth-order valence-corrected chi connectivity index (χ4v) is 4.28. The van der Waals surface area contributed by atoms with E-state index in [2.05, 4.69) is 48.2 Å². The van der Waals surface area contributed by atoms with Crippen LogP contribution in [0, 0.1) is 0 Å². The van der Waals surface area contributed by atoms with Crippen molar-refractivity contribution in [1.82, 2.24) is 34.9 Å². The topological polar surface area (TPSA) is 88.1 Å². The maximum atomic E-state index is 4.85. The van der Waals surface area contributed by atoms with Gasteiger partial charge in [0, 0.05) is 30.4 Å². The Morgan fingerprint density at radius 2 is 2.07 bits per heavy atom. The summed E-state index contributed by atoms with van der Waals surface area (Å²) in [5.74, 6) is 0. The summed E-state index contributed by atoms with van der Waals surface area (Å²) in [5.41, 5.74) is 8.38. The molecule has 6 aromatic rings. The minimum atomic E-state index is 0.778. The average Bonchev–Trinajstić information content (AvgIpc) is 3.51. The summed E-state index contributed by atoms with van der Waals surface area (Å²) in [4.78, 5) is 12.8. The summed E-state index contributed by atoms with van der Waals surface area (Å²) in [6, 6.07) is 10.2. The molecule has 0 saturated carbocycles. The van der Waals surface area contributed by atoms with Gasteiger partial charge in [-0.2, -0.15) is 21.5 Å². The van der Waals surface area contributed by atoms with Gasteiger partial charge in [-0.05, 0) is 52.2 Å². The van der Waals surface area contributed by atoms with Gasteiger partial charge in [-0.3, -0.25) is 9.78 Å². The molecule has 0 radical (unpaired) electrons. The monoisotopic (exact) mass is 397 g/mol. The second kappa shape index (κ2) is 6.11. The molecule has 6 aromatic heterocycles. The number of nitrogens with one attached hydrogen (secondary N) is 2. The molecule has 0 fully saturated rings. The van der Waals surface area contributed by atoms with Crippen LogP contribution in [0.15, 0.2) is 59.7 Å². The van der Waals surface area contributed by atoms with Crippen molar-refractivity contribution in [3.63, 3.8) is 0 Å². The zero-order valence-electron chi connectivity index (χ0n) is 15.4. The molecule has 0 aliphatic heterocycles. The van der Waals surface area contributed by atoms with Crippen molar-refractivity contribution in [3.05, 3.63) is 59.7 Å². The second-order valence-electron chi connectivity index (χ2n) is 6.88. The summed E-state index contributed by atoms with van der Waals surface area (Å²) in [6.45, 7) is 0. The summed E-state index contributed by atoms with van der Waals surface area (Å²) in [5, 5.41) is 17.2. The van der Waals surface area contributed by atoms with Crippen molar-refractivity contribution in [3.8, 4) is 33.8 Å². The van der Waals surface area contributed by atoms with E-state index in [0.717, 1.165) is 50.3 Å². The quantitative estimate of drug-likeness (QED) is 0.456. The van der Waals surface area contributed by atoms with Crippen LogP contribution >= 0.6 is 11.3 Å². The van der Waals surface area contributed by atoms with Crippen molar-refractivity contribution in [2.45, 2.75) is 0 Å². The van der Waals surface area contributed by atoms with E-state index in [-0.39, 0.29) is 0 Å². The number of aromatic amines is 2. The Labute approximate surface area is 169 Å². The molecule has 0 spiro atoms. The average molecular weight is 397 g/mol. The fraction of sp³-hybridized carbons (Fsp3) is 0.0476. The number of fused-ring (bicyclic) bond motifs is 2. The molecule has 2 N–H and O–H groups in total. The minimum absolute atomic E-state index is 0.778. The molecule has 140 valence electrons. The van der Waals surface area contributed by atoms with Crippen molar-refractivity contribution in [2.75, 3.05) is 0 Å². The summed E-state index contributed by atoms with van der Waals surface area (Å²) in [7, 11) is 1.90. The van der Waals surface area contributed by atoms with Crippen molar-refractivity contribution < 1.29 is 0 Å². The number of thiophene rings is 1. The van der Waals surface area contributed by atoms with Crippen LogP contribution in [0.4, 0.5) is 0 Å². The molecule has 0 saturated heterocycles. The van der Waals surface area contributed by atoms with Crippen LogP contribution in [0.3, 0.4) is 0 Å². The number of aromatic nitrogens is 7. The zero-order chi connectivity index (χ0) is 19.4. The van der Waals surface area contributed by atoms with Crippen LogP contribution in [0.25, 0.3) is 55.8 Å². The van der Waals surface area contributed by atoms with Gasteiger partial charge in [-0.25, -0.2) is 9.97 Å². The van der Waals surface area contributed by atoms with Crippen LogP contribution < -0.4 is 0 Å². The zero-order valence-corrected chi connectivity index (χ0v) is 16.2. The highest BCUT2D eigenvalue weighted by Gasteiger charge is 2.16. The number of pyridine rings is 2. The van der Waals surface area contributed by atoms with E-state index in [0.29, 0.717) is 0 Å². The van der Waals surface area contributed by atoms with Crippen LogP contribution in [0.1, 0.15) is 0 Å².